The van der Waals surface area contributed by atoms with Crippen molar-refractivity contribution in [1.29, 1.82) is 0 Å². The fraction of sp³-hybridized carbons (Fsp3) is 0.364. The molecule has 0 heterocycles. The third kappa shape index (κ3) is 7.46. The van der Waals surface area contributed by atoms with Gasteiger partial charge in [-0.1, -0.05) is 66.3 Å². The van der Waals surface area contributed by atoms with Crippen LogP contribution in [0.1, 0.15) is 26.3 Å². The lowest BCUT2D eigenvalue weighted by Gasteiger charge is -2.29. The topological polar surface area (TPSA) is 58.6 Å². The van der Waals surface area contributed by atoms with E-state index in [-0.39, 0.29) is 30.0 Å². The van der Waals surface area contributed by atoms with Gasteiger partial charge in [0.25, 0.3) is 5.91 Å². The van der Waals surface area contributed by atoms with E-state index in [2.05, 4.69) is 5.32 Å². The van der Waals surface area contributed by atoms with E-state index in [1.54, 1.807) is 37.3 Å². The Morgan fingerprint density at radius 1 is 1.00 bits per heavy atom. The molecule has 1 N–H and O–H groups in total. The van der Waals surface area contributed by atoms with E-state index in [1.165, 1.54) is 11.0 Å². The second kappa shape index (κ2) is 11.8. The van der Waals surface area contributed by atoms with Crippen LogP contribution in [0.25, 0.3) is 0 Å². The smallest absolute Gasteiger partial charge is 0.261 e. The number of carbonyl (C=O) groups is 2. The molecule has 168 valence electrons. The Morgan fingerprint density at radius 3 is 2.23 bits per heavy atom. The standard InChI is InChI=1S/C22H24Cl4N2O3/c1-13(2)10-27-22(30)14(3)28(11-16-17(24)5-4-6-18(16)25)21(29)12-31-20-8-7-15(23)9-19(20)26/h4-9,13-14H,10-12H2,1-3H3,(H,27,30)/t14-/m1/s1. The summed E-state index contributed by atoms with van der Waals surface area (Å²) in [5, 5.41) is 4.39. The zero-order valence-corrected chi connectivity index (χ0v) is 20.4. The summed E-state index contributed by atoms with van der Waals surface area (Å²) in [6.07, 6.45) is 0. The molecule has 0 saturated carbocycles. The van der Waals surface area contributed by atoms with Gasteiger partial charge in [0.15, 0.2) is 6.61 Å². The number of amides is 2. The van der Waals surface area contributed by atoms with Crippen molar-refractivity contribution < 1.29 is 14.3 Å². The highest BCUT2D eigenvalue weighted by Gasteiger charge is 2.28. The summed E-state index contributed by atoms with van der Waals surface area (Å²) in [4.78, 5) is 27.1. The Hall–Kier alpha value is -1.66. The van der Waals surface area contributed by atoms with Gasteiger partial charge in [0.05, 0.1) is 5.02 Å². The van der Waals surface area contributed by atoms with E-state index in [9.17, 15) is 9.59 Å². The van der Waals surface area contributed by atoms with Gasteiger partial charge < -0.3 is 15.0 Å². The maximum absolute atomic E-state index is 13.1. The third-order valence-corrected chi connectivity index (χ3v) is 5.73. The number of ether oxygens (including phenoxy) is 1. The van der Waals surface area contributed by atoms with Gasteiger partial charge in [-0.05, 0) is 43.2 Å². The van der Waals surface area contributed by atoms with Crippen molar-refractivity contribution in [2.24, 2.45) is 5.92 Å². The number of hydrogen-bond acceptors (Lipinski definition) is 3. The van der Waals surface area contributed by atoms with Gasteiger partial charge in [-0.2, -0.15) is 0 Å². The third-order valence-electron chi connectivity index (χ3n) is 4.49. The average molecular weight is 506 g/mol. The molecule has 0 aliphatic carbocycles. The van der Waals surface area contributed by atoms with E-state index >= 15 is 0 Å². The minimum absolute atomic E-state index is 0.0469. The predicted molar refractivity (Wildman–Crippen MR) is 126 cm³/mol. The Balaban J connectivity index is 2.22. The van der Waals surface area contributed by atoms with E-state index in [0.717, 1.165) is 0 Å². The molecular formula is C22H24Cl4N2O3. The first-order valence-corrected chi connectivity index (χ1v) is 11.2. The maximum atomic E-state index is 13.1. The lowest BCUT2D eigenvalue weighted by molar-refractivity contribution is -0.142. The first-order valence-electron chi connectivity index (χ1n) is 9.68. The molecule has 0 aliphatic rings. The zero-order chi connectivity index (χ0) is 23.1. The largest absolute Gasteiger partial charge is 0.482 e. The van der Waals surface area contributed by atoms with Crippen LogP contribution in [0.4, 0.5) is 0 Å². The van der Waals surface area contributed by atoms with Gasteiger partial charge >= 0.3 is 0 Å². The van der Waals surface area contributed by atoms with Gasteiger partial charge in [-0.15, -0.1) is 0 Å². The Kier molecular flexibility index (Phi) is 9.76. The minimum Gasteiger partial charge on any atom is -0.482 e. The normalized spacial score (nSPS) is 11.9. The number of rotatable bonds is 9. The number of halogens is 4. The summed E-state index contributed by atoms with van der Waals surface area (Å²) in [5.74, 6) is -0.121. The van der Waals surface area contributed by atoms with Crippen LogP contribution in [0, 0.1) is 5.92 Å². The van der Waals surface area contributed by atoms with Crippen LogP contribution < -0.4 is 10.1 Å². The molecule has 0 fully saturated rings. The van der Waals surface area contributed by atoms with Crippen LogP contribution in [-0.2, 0) is 16.1 Å². The molecule has 0 saturated heterocycles. The molecule has 0 aromatic heterocycles. The highest BCUT2D eigenvalue weighted by molar-refractivity contribution is 6.36. The van der Waals surface area contributed by atoms with Gasteiger partial charge in [-0.3, -0.25) is 9.59 Å². The summed E-state index contributed by atoms with van der Waals surface area (Å²) < 4.78 is 5.58. The Bertz CT molecular complexity index is 917. The summed E-state index contributed by atoms with van der Waals surface area (Å²) in [5.41, 5.74) is 0.548. The molecule has 2 aromatic rings. The highest BCUT2D eigenvalue weighted by Crippen LogP contribution is 2.29. The number of hydrogen-bond donors (Lipinski definition) is 1. The molecule has 9 heteroatoms. The molecule has 0 unspecified atom stereocenters. The predicted octanol–water partition coefficient (Wildman–Crippen LogP) is 5.87. The van der Waals surface area contributed by atoms with Crippen LogP contribution >= 0.6 is 46.4 Å². The van der Waals surface area contributed by atoms with Crippen molar-refractivity contribution >= 4 is 58.2 Å². The van der Waals surface area contributed by atoms with Gasteiger partial charge in [0, 0.05) is 33.7 Å². The summed E-state index contributed by atoms with van der Waals surface area (Å²) >= 11 is 24.6. The average Bonchev–Trinajstić information content (AvgIpc) is 2.70. The van der Waals surface area contributed by atoms with Crippen molar-refractivity contribution in [3.63, 3.8) is 0 Å². The molecule has 0 radical (unpaired) electrons. The van der Waals surface area contributed by atoms with E-state index in [0.29, 0.717) is 32.9 Å². The SMILES string of the molecule is CC(C)CNC(=O)[C@@H](C)N(Cc1c(Cl)cccc1Cl)C(=O)COc1ccc(Cl)cc1Cl. The first-order chi connectivity index (χ1) is 14.6. The van der Waals surface area contributed by atoms with E-state index in [1.807, 2.05) is 13.8 Å². The second-order valence-corrected chi connectivity index (χ2v) is 9.06. The fourth-order valence-electron chi connectivity index (χ4n) is 2.70. The fourth-order valence-corrected chi connectivity index (χ4v) is 3.68. The van der Waals surface area contributed by atoms with Crippen molar-refractivity contribution in [3.05, 3.63) is 62.1 Å². The van der Waals surface area contributed by atoms with E-state index < -0.39 is 11.9 Å². The molecule has 2 rings (SSSR count). The monoisotopic (exact) mass is 504 g/mol. The van der Waals surface area contributed by atoms with Crippen LogP contribution in [0.15, 0.2) is 36.4 Å². The maximum Gasteiger partial charge on any atom is 0.261 e. The Morgan fingerprint density at radius 2 is 1.65 bits per heavy atom. The number of benzene rings is 2. The summed E-state index contributed by atoms with van der Waals surface area (Å²) in [7, 11) is 0. The van der Waals surface area contributed by atoms with Crippen LogP contribution in [-0.4, -0.2) is 35.9 Å². The Labute approximate surface area is 202 Å². The van der Waals surface area contributed by atoms with Gasteiger partial charge in [0.1, 0.15) is 11.8 Å². The molecule has 1 atom stereocenters. The first kappa shape index (κ1) is 25.6. The molecular weight excluding hydrogens is 482 g/mol. The molecule has 31 heavy (non-hydrogen) atoms. The van der Waals surface area contributed by atoms with Gasteiger partial charge in [0.2, 0.25) is 5.91 Å². The molecule has 0 bridgehead atoms. The zero-order valence-electron chi connectivity index (χ0n) is 17.4. The van der Waals surface area contributed by atoms with Gasteiger partial charge in [-0.25, -0.2) is 0 Å². The summed E-state index contributed by atoms with van der Waals surface area (Å²) in [6, 6.07) is 9.00. The van der Waals surface area contributed by atoms with Crippen LogP contribution in [0.2, 0.25) is 20.1 Å². The molecule has 2 amide bonds. The quantitative estimate of drug-likeness (QED) is 0.463. The lowest BCUT2D eigenvalue weighted by Crippen LogP contribution is -2.49. The molecule has 5 nitrogen and oxygen atoms in total. The molecule has 0 spiro atoms. The number of carbonyl (C=O) groups excluding carboxylic acids is 2. The molecule has 2 aromatic carbocycles. The van der Waals surface area contributed by atoms with Crippen LogP contribution in [0.3, 0.4) is 0 Å². The van der Waals surface area contributed by atoms with Crippen molar-refractivity contribution in [2.45, 2.75) is 33.4 Å². The highest BCUT2D eigenvalue weighted by atomic mass is 35.5. The lowest BCUT2D eigenvalue weighted by atomic mass is 10.1. The summed E-state index contributed by atoms with van der Waals surface area (Å²) in [6.45, 7) is 5.83. The van der Waals surface area contributed by atoms with E-state index in [4.69, 9.17) is 51.1 Å². The molecule has 0 aliphatic heterocycles. The van der Waals surface area contributed by atoms with Crippen molar-refractivity contribution in [2.75, 3.05) is 13.2 Å². The van der Waals surface area contributed by atoms with Crippen LogP contribution in [0.5, 0.6) is 5.75 Å². The van der Waals surface area contributed by atoms with Crippen molar-refractivity contribution in [3.8, 4) is 5.75 Å². The van der Waals surface area contributed by atoms with Crippen molar-refractivity contribution in [1.82, 2.24) is 10.2 Å². The minimum atomic E-state index is -0.775. The number of nitrogens with zero attached hydrogens (tertiary/aromatic N) is 1. The second-order valence-electron chi connectivity index (χ2n) is 7.40. The number of nitrogens with one attached hydrogen (secondary N) is 1.